The average molecular weight is 396 g/mol. The highest BCUT2D eigenvalue weighted by Crippen LogP contribution is 2.33. The summed E-state index contributed by atoms with van der Waals surface area (Å²) in [6.45, 7) is 3.98. The van der Waals surface area contributed by atoms with Gasteiger partial charge in [0.2, 0.25) is 5.91 Å². The standard InChI is InChI=1S/C21H20N2O4S/c1-3-27-17-7-5-4-6-15(17)12-18-20(25)23(21(26)28-18)13-19(24)22-16-10-8-14(2)9-11-16/h4-12H,3,13H2,1-2H3,(H,22,24)/b18-12+. The molecule has 0 aromatic heterocycles. The fourth-order valence-electron chi connectivity index (χ4n) is 2.65. The Kier molecular flexibility index (Phi) is 6.16. The van der Waals surface area contributed by atoms with E-state index in [1.807, 2.05) is 44.2 Å². The molecule has 2 aromatic rings. The fourth-order valence-corrected chi connectivity index (χ4v) is 3.47. The smallest absolute Gasteiger partial charge is 0.294 e. The number of imide groups is 1. The van der Waals surface area contributed by atoms with Gasteiger partial charge in [0.25, 0.3) is 11.1 Å². The first-order valence-corrected chi connectivity index (χ1v) is 9.63. The predicted molar refractivity (Wildman–Crippen MR) is 110 cm³/mol. The summed E-state index contributed by atoms with van der Waals surface area (Å²) in [6, 6.07) is 14.6. The number of amides is 3. The Labute approximate surface area is 167 Å². The maximum atomic E-state index is 12.6. The van der Waals surface area contributed by atoms with Gasteiger partial charge in [-0.1, -0.05) is 35.9 Å². The quantitative estimate of drug-likeness (QED) is 0.745. The molecule has 1 saturated heterocycles. The molecule has 3 amide bonds. The molecule has 1 fully saturated rings. The van der Waals surface area contributed by atoms with Crippen molar-refractivity contribution in [2.24, 2.45) is 0 Å². The van der Waals surface area contributed by atoms with Gasteiger partial charge in [0.15, 0.2) is 0 Å². The van der Waals surface area contributed by atoms with Gasteiger partial charge in [-0.15, -0.1) is 0 Å². The van der Waals surface area contributed by atoms with Crippen molar-refractivity contribution in [3.05, 3.63) is 64.6 Å². The van der Waals surface area contributed by atoms with Crippen molar-refractivity contribution in [3.8, 4) is 5.75 Å². The van der Waals surface area contributed by atoms with Gasteiger partial charge in [0.1, 0.15) is 12.3 Å². The Morgan fingerprint density at radius 3 is 2.57 bits per heavy atom. The highest BCUT2D eigenvalue weighted by atomic mass is 32.2. The summed E-state index contributed by atoms with van der Waals surface area (Å²) in [7, 11) is 0. The van der Waals surface area contributed by atoms with E-state index in [1.54, 1.807) is 24.3 Å². The first-order chi connectivity index (χ1) is 13.5. The number of thioether (sulfide) groups is 1. The Morgan fingerprint density at radius 1 is 1.14 bits per heavy atom. The number of hydrogen-bond donors (Lipinski definition) is 1. The number of aryl methyl sites for hydroxylation is 1. The molecular formula is C21H20N2O4S. The van der Waals surface area contributed by atoms with Crippen LogP contribution in [0.5, 0.6) is 5.75 Å². The van der Waals surface area contributed by atoms with Crippen LogP contribution < -0.4 is 10.1 Å². The number of benzene rings is 2. The number of ether oxygens (including phenoxy) is 1. The second-order valence-corrected chi connectivity index (χ2v) is 7.15. The molecule has 28 heavy (non-hydrogen) atoms. The van der Waals surface area contributed by atoms with E-state index in [4.69, 9.17) is 4.74 Å². The first-order valence-electron chi connectivity index (χ1n) is 8.81. The van der Waals surface area contributed by atoms with Gasteiger partial charge in [-0.05, 0) is 49.9 Å². The zero-order chi connectivity index (χ0) is 20.1. The van der Waals surface area contributed by atoms with Crippen LogP contribution in [0.4, 0.5) is 10.5 Å². The summed E-state index contributed by atoms with van der Waals surface area (Å²) >= 11 is 0.817. The second kappa shape index (κ2) is 8.75. The molecule has 1 aliphatic heterocycles. The molecular weight excluding hydrogens is 376 g/mol. The zero-order valence-corrected chi connectivity index (χ0v) is 16.4. The van der Waals surface area contributed by atoms with E-state index in [9.17, 15) is 14.4 Å². The predicted octanol–water partition coefficient (Wildman–Crippen LogP) is 4.07. The molecule has 0 atom stereocenters. The summed E-state index contributed by atoms with van der Waals surface area (Å²) in [6.07, 6.45) is 1.62. The molecule has 1 N–H and O–H groups in total. The van der Waals surface area contributed by atoms with Crippen molar-refractivity contribution < 1.29 is 19.1 Å². The summed E-state index contributed by atoms with van der Waals surface area (Å²) < 4.78 is 5.55. The van der Waals surface area contributed by atoms with E-state index in [1.165, 1.54) is 0 Å². The molecule has 144 valence electrons. The van der Waals surface area contributed by atoms with E-state index < -0.39 is 17.1 Å². The highest BCUT2D eigenvalue weighted by molar-refractivity contribution is 8.18. The molecule has 1 aliphatic rings. The Hall–Kier alpha value is -3.06. The number of rotatable bonds is 6. The maximum absolute atomic E-state index is 12.6. The minimum Gasteiger partial charge on any atom is -0.493 e. The summed E-state index contributed by atoms with van der Waals surface area (Å²) in [5, 5.41) is 2.23. The van der Waals surface area contributed by atoms with Crippen LogP contribution in [0.3, 0.4) is 0 Å². The summed E-state index contributed by atoms with van der Waals surface area (Å²) in [4.78, 5) is 38.3. The molecule has 0 unspecified atom stereocenters. The van der Waals surface area contributed by atoms with Crippen molar-refractivity contribution in [1.82, 2.24) is 4.90 Å². The molecule has 6 nitrogen and oxygen atoms in total. The van der Waals surface area contributed by atoms with Gasteiger partial charge >= 0.3 is 0 Å². The average Bonchev–Trinajstić information content (AvgIpc) is 2.93. The fraction of sp³-hybridized carbons (Fsp3) is 0.190. The third kappa shape index (κ3) is 4.61. The summed E-state index contributed by atoms with van der Waals surface area (Å²) in [5.41, 5.74) is 2.39. The molecule has 0 spiro atoms. The van der Waals surface area contributed by atoms with Gasteiger partial charge in [-0.3, -0.25) is 19.3 Å². The lowest BCUT2D eigenvalue weighted by Crippen LogP contribution is -2.36. The van der Waals surface area contributed by atoms with Crippen LogP contribution in [0, 0.1) is 6.92 Å². The Morgan fingerprint density at radius 2 is 1.86 bits per heavy atom. The lowest BCUT2D eigenvalue weighted by atomic mass is 10.2. The molecule has 3 rings (SSSR count). The minimum atomic E-state index is -0.486. The molecule has 0 radical (unpaired) electrons. The third-order valence-electron chi connectivity index (χ3n) is 4.02. The van der Waals surface area contributed by atoms with Crippen molar-refractivity contribution >= 4 is 40.6 Å². The van der Waals surface area contributed by atoms with Crippen molar-refractivity contribution in [2.45, 2.75) is 13.8 Å². The van der Waals surface area contributed by atoms with Gasteiger partial charge in [-0.2, -0.15) is 0 Å². The minimum absolute atomic E-state index is 0.264. The van der Waals surface area contributed by atoms with Gasteiger partial charge in [0.05, 0.1) is 11.5 Å². The molecule has 7 heteroatoms. The molecule has 0 aliphatic carbocycles. The topological polar surface area (TPSA) is 75.7 Å². The van der Waals surface area contributed by atoms with E-state index in [2.05, 4.69) is 5.32 Å². The third-order valence-corrected chi connectivity index (χ3v) is 4.92. The van der Waals surface area contributed by atoms with Gasteiger partial charge in [-0.25, -0.2) is 0 Å². The van der Waals surface area contributed by atoms with E-state index >= 15 is 0 Å². The van der Waals surface area contributed by atoms with E-state index in [0.717, 1.165) is 22.2 Å². The zero-order valence-electron chi connectivity index (χ0n) is 15.6. The van der Waals surface area contributed by atoms with Crippen molar-refractivity contribution in [1.29, 1.82) is 0 Å². The maximum Gasteiger partial charge on any atom is 0.294 e. The number of para-hydroxylation sites is 1. The molecule has 0 saturated carbocycles. The van der Waals surface area contributed by atoms with Gasteiger partial charge in [0, 0.05) is 11.3 Å². The number of nitrogens with zero attached hydrogens (tertiary/aromatic N) is 1. The Balaban J connectivity index is 1.71. The lowest BCUT2D eigenvalue weighted by Gasteiger charge is -2.12. The first kappa shape index (κ1) is 19.7. The van der Waals surface area contributed by atoms with Crippen LogP contribution in [-0.4, -0.2) is 35.1 Å². The van der Waals surface area contributed by atoms with Crippen molar-refractivity contribution in [2.75, 3.05) is 18.5 Å². The number of anilines is 1. The molecule has 0 bridgehead atoms. The number of carbonyl (C=O) groups is 3. The number of nitrogens with one attached hydrogen (secondary N) is 1. The van der Waals surface area contributed by atoms with Crippen LogP contribution in [0.15, 0.2) is 53.4 Å². The monoisotopic (exact) mass is 396 g/mol. The summed E-state index contributed by atoms with van der Waals surface area (Å²) in [5.74, 6) is -0.281. The van der Waals surface area contributed by atoms with Crippen LogP contribution in [0.1, 0.15) is 18.1 Å². The largest absolute Gasteiger partial charge is 0.493 e. The van der Waals surface area contributed by atoms with Crippen molar-refractivity contribution in [3.63, 3.8) is 0 Å². The second-order valence-electron chi connectivity index (χ2n) is 6.15. The van der Waals surface area contributed by atoms with Crippen LogP contribution in [0.2, 0.25) is 0 Å². The van der Waals surface area contributed by atoms with E-state index in [-0.39, 0.29) is 11.4 Å². The molecule has 2 aromatic carbocycles. The Bertz CT molecular complexity index is 938. The van der Waals surface area contributed by atoms with E-state index in [0.29, 0.717) is 23.6 Å². The van der Waals surface area contributed by atoms with Gasteiger partial charge < -0.3 is 10.1 Å². The SMILES string of the molecule is CCOc1ccccc1/C=C1/SC(=O)N(CC(=O)Nc2ccc(C)cc2)C1=O. The normalized spacial score (nSPS) is 15.2. The molecule has 1 heterocycles. The highest BCUT2D eigenvalue weighted by Gasteiger charge is 2.36. The van der Waals surface area contributed by atoms with Crippen LogP contribution >= 0.6 is 11.8 Å². The lowest BCUT2D eigenvalue weighted by molar-refractivity contribution is -0.127. The number of carbonyl (C=O) groups excluding carboxylic acids is 3. The van der Waals surface area contributed by atoms with Crippen LogP contribution in [-0.2, 0) is 9.59 Å². The van der Waals surface area contributed by atoms with Crippen LogP contribution in [0.25, 0.3) is 6.08 Å². The number of hydrogen-bond acceptors (Lipinski definition) is 5.